The summed E-state index contributed by atoms with van der Waals surface area (Å²) in [6, 6.07) is 0. The van der Waals surface area contributed by atoms with Crippen molar-refractivity contribution in [2.24, 2.45) is 18.7 Å². The lowest BCUT2D eigenvalue weighted by Gasteiger charge is -2.09. The van der Waals surface area contributed by atoms with Gasteiger partial charge in [-0.1, -0.05) is 18.5 Å². The number of hydrogen-bond donors (Lipinski definition) is 1. The SMILES string of the molecule is Cc1nn(C)c(Cl)c1CC(C)CCN. The van der Waals surface area contributed by atoms with Crippen molar-refractivity contribution in [3.05, 3.63) is 16.4 Å². The van der Waals surface area contributed by atoms with E-state index in [1.54, 1.807) is 4.68 Å². The average molecular weight is 216 g/mol. The first-order valence-corrected chi connectivity index (χ1v) is 5.32. The van der Waals surface area contributed by atoms with Crippen LogP contribution in [0.15, 0.2) is 0 Å². The Kier molecular flexibility index (Phi) is 3.96. The van der Waals surface area contributed by atoms with Crippen LogP contribution in [-0.4, -0.2) is 16.3 Å². The Morgan fingerprint density at radius 2 is 2.21 bits per heavy atom. The van der Waals surface area contributed by atoms with Gasteiger partial charge in [-0.05, 0) is 32.2 Å². The van der Waals surface area contributed by atoms with Crippen LogP contribution in [0.4, 0.5) is 0 Å². The fourth-order valence-electron chi connectivity index (χ4n) is 1.64. The van der Waals surface area contributed by atoms with E-state index >= 15 is 0 Å². The molecule has 1 unspecified atom stereocenters. The van der Waals surface area contributed by atoms with Crippen molar-refractivity contribution < 1.29 is 0 Å². The highest BCUT2D eigenvalue weighted by Crippen LogP contribution is 2.22. The summed E-state index contributed by atoms with van der Waals surface area (Å²) in [4.78, 5) is 0. The number of rotatable bonds is 4. The first kappa shape index (κ1) is 11.5. The van der Waals surface area contributed by atoms with Gasteiger partial charge in [0.1, 0.15) is 5.15 Å². The fraction of sp³-hybridized carbons (Fsp3) is 0.700. The number of hydrogen-bond acceptors (Lipinski definition) is 2. The Morgan fingerprint density at radius 3 is 2.64 bits per heavy atom. The first-order chi connectivity index (χ1) is 6.56. The van der Waals surface area contributed by atoms with Crippen LogP contribution in [0.3, 0.4) is 0 Å². The molecule has 3 nitrogen and oxygen atoms in total. The Labute approximate surface area is 90.2 Å². The molecule has 2 N–H and O–H groups in total. The van der Waals surface area contributed by atoms with Crippen molar-refractivity contribution in [1.82, 2.24) is 9.78 Å². The minimum absolute atomic E-state index is 0.570. The van der Waals surface area contributed by atoms with E-state index in [-0.39, 0.29) is 0 Å². The molecule has 0 aliphatic rings. The van der Waals surface area contributed by atoms with Gasteiger partial charge in [-0.3, -0.25) is 4.68 Å². The molecule has 1 rings (SSSR count). The molecule has 0 radical (unpaired) electrons. The summed E-state index contributed by atoms with van der Waals surface area (Å²) in [7, 11) is 1.87. The molecule has 1 aromatic heterocycles. The molecule has 0 fully saturated rings. The summed E-state index contributed by atoms with van der Waals surface area (Å²) in [6.07, 6.45) is 2.00. The van der Waals surface area contributed by atoms with Gasteiger partial charge < -0.3 is 5.73 Å². The van der Waals surface area contributed by atoms with Gasteiger partial charge in [0.2, 0.25) is 0 Å². The zero-order valence-electron chi connectivity index (χ0n) is 9.05. The molecule has 0 saturated heterocycles. The topological polar surface area (TPSA) is 43.8 Å². The summed E-state index contributed by atoms with van der Waals surface area (Å²) in [6.45, 7) is 4.92. The molecule has 1 atom stereocenters. The minimum atomic E-state index is 0.570. The zero-order chi connectivity index (χ0) is 10.7. The molecule has 0 aromatic carbocycles. The lowest BCUT2D eigenvalue weighted by atomic mass is 9.99. The van der Waals surface area contributed by atoms with Gasteiger partial charge in [-0.2, -0.15) is 5.10 Å². The van der Waals surface area contributed by atoms with E-state index in [2.05, 4.69) is 12.0 Å². The molecule has 1 aromatic rings. The van der Waals surface area contributed by atoms with Crippen molar-refractivity contribution in [1.29, 1.82) is 0 Å². The van der Waals surface area contributed by atoms with E-state index in [9.17, 15) is 0 Å². The maximum absolute atomic E-state index is 6.13. The van der Waals surface area contributed by atoms with Gasteiger partial charge >= 0.3 is 0 Å². The van der Waals surface area contributed by atoms with E-state index in [1.165, 1.54) is 0 Å². The number of aryl methyl sites for hydroxylation is 2. The lowest BCUT2D eigenvalue weighted by molar-refractivity contribution is 0.537. The Morgan fingerprint density at radius 1 is 1.57 bits per heavy atom. The van der Waals surface area contributed by atoms with Crippen LogP contribution < -0.4 is 5.73 Å². The summed E-state index contributed by atoms with van der Waals surface area (Å²) in [5, 5.41) is 5.03. The maximum atomic E-state index is 6.13. The van der Waals surface area contributed by atoms with Gasteiger partial charge in [-0.15, -0.1) is 0 Å². The third-order valence-corrected chi connectivity index (χ3v) is 2.95. The van der Waals surface area contributed by atoms with Crippen LogP contribution in [0.2, 0.25) is 5.15 Å². The molecule has 0 bridgehead atoms. The normalized spacial score (nSPS) is 13.2. The second-order valence-electron chi connectivity index (χ2n) is 3.87. The highest BCUT2D eigenvalue weighted by molar-refractivity contribution is 6.30. The number of nitrogens with zero attached hydrogens (tertiary/aromatic N) is 2. The molecule has 0 saturated carbocycles. The molecule has 14 heavy (non-hydrogen) atoms. The van der Waals surface area contributed by atoms with Gasteiger partial charge in [0.15, 0.2) is 0 Å². The van der Waals surface area contributed by atoms with Gasteiger partial charge in [0, 0.05) is 12.6 Å². The number of aromatic nitrogens is 2. The predicted molar refractivity (Wildman–Crippen MR) is 59.5 cm³/mol. The van der Waals surface area contributed by atoms with Crippen molar-refractivity contribution in [2.45, 2.75) is 26.7 Å². The van der Waals surface area contributed by atoms with Gasteiger partial charge in [0.05, 0.1) is 5.69 Å². The van der Waals surface area contributed by atoms with Crippen LogP contribution in [0.5, 0.6) is 0 Å². The molecule has 0 aliphatic heterocycles. The summed E-state index contributed by atoms with van der Waals surface area (Å²) >= 11 is 6.13. The largest absolute Gasteiger partial charge is 0.330 e. The molecular formula is C10H18ClN3. The monoisotopic (exact) mass is 215 g/mol. The molecular weight excluding hydrogens is 198 g/mol. The Hall–Kier alpha value is -0.540. The molecule has 0 aliphatic carbocycles. The third-order valence-electron chi connectivity index (χ3n) is 2.48. The highest BCUT2D eigenvalue weighted by Gasteiger charge is 2.13. The van der Waals surface area contributed by atoms with Gasteiger partial charge in [-0.25, -0.2) is 0 Å². The predicted octanol–water partition coefficient (Wildman–Crippen LogP) is 1.91. The molecule has 80 valence electrons. The average Bonchev–Trinajstić information content (AvgIpc) is 2.33. The molecule has 0 amide bonds. The van der Waals surface area contributed by atoms with Crippen molar-refractivity contribution in [2.75, 3.05) is 6.54 Å². The number of nitrogens with two attached hydrogens (primary N) is 1. The van der Waals surface area contributed by atoms with E-state index in [0.717, 1.165) is 35.8 Å². The Balaban J connectivity index is 2.75. The summed E-state index contributed by atoms with van der Waals surface area (Å²) < 4.78 is 1.72. The van der Waals surface area contributed by atoms with Crippen molar-refractivity contribution in [3.8, 4) is 0 Å². The van der Waals surface area contributed by atoms with Crippen LogP contribution >= 0.6 is 11.6 Å². The summed E-state index contributed by atoms with van der Waals surface area (Å²) in [5.41, 5.74) is 7.70. The van der Waals surface area contributed by atoms with Gasteiger partial charge in [0.25, 0.3) is 0 Å². The zero-order valence-corrected chi connectivity index (χ0v) is 9.80. The van der Waals surface area contributed by atoms with Crippen LogP contribution in [0.25, 0.3) is 0 Å². The van der Waals surface area contributed by atoms with Crippen molar-refractivity contribution in [3.63, 3.8) is 0 Å². The molecule has 1 heterocycles. The van der Waals surface area contributed by atoms with E-state index in [4.69, 9.17) is 17.3 Å². The van der Waals surface area contributed by atoms with Crippen LogP contribution in [0.1, 0.15) is 24.6 Å². The minimum Gasteiger partial charge on any atom is -0.330 e. The highest BCUT2D eigenvalue weighted by atomic mass is 35.5. The van der Waals surface area contributed by atoms with Crippen molar-refractivity contribution >= 4 is 11.6 Å². The summed E-state index contributed by atoms with van der Waals surface area (Å²) in [5.74, 6) is 0.570. The molecule has 4 heteroatoms. The number of halogens is 1. The second kappa shape index (κ2) is 4.80. The van der Waals surface area contributed by atoms with E-state index < -0.39 is 0 Å². The maximum Gasteiger partial charge on any atom is 0.130 e. The first-order valence-electron chi connectivity index (χ1n) is 4.94. The lowest BCUT2D eigenvalue weighted by Crippen LogP contribution is -2.08. The smallest absolute Gasteiger partial charge is 0.130 e. The third kappa shape index (κ3) is 2.49. The van der Waals surface area contributed by atoms with Crippen LogP contribution in [-0.2, 0) is 13.5 Å². The standard InChI is InChI=1S/C10H18ClN3/c1-7(4-5-12)6-9-8(2)13-14(3)10(9)11/h7H,4-6,12H2,1-3H3. The van der Waals surface area contributed by atoms with E-state index in [0.29, 0.717) is 5.92 Å². The fourth-order valence-corrected chi connectivity index (χ4v) is 1.89. The quantitative estimate of drug-likeness (QED) is 0.834. The molecule has 0 spiro atoms. The van der Waals surface area contributed by atoms with E-state index in [1.807, 2.05) is 14.0 Å². The second-order valence-corrected chi connectivity index (χ2v) is 4.22. The Bertz CT molecular complexity index is 307. The van der Waals surface area contributed by atoms with Crippen LogP contribution in [0, 0.1) is 12.8 Å².